The van der Waals surface area contributed by atoms with Crippen molar-refractivity contribution in [1.29, 1.82) is 0 Å². The summed E-state index contributed by atoms with van der Waals surface area (Å²) in [5.41, 5.74) is 1.54. The van der Waals surface area contributed by atoms with E-state index in [9.17, 15) is 9.59 Å². The fourth-order valence-electron chi connectivity index (χ4n) is 3.95. The van der Waals surface area contributed by atoms with Crippen LogP contribution in [0.1, 0.15) is 13.8 Å². The third kappa shape index (κ3) is 9.42. The predicted octanol–water partition coefficient (Wildman–Crippen LogP) is 2.93. The number of carbonyl (C=O) groups excluding carboxylic acids is 2. The van der Waals surface area contributed by atoms with Gasteiger partial charge < -0.3 is 38.2 Å². The Bertz CT molecular complexity index is 925. The van der Waals surface area contributed by atoms with E-state index in [2.05, 4.69) is 0 Å². The molecule has 0 saturated heterocycles. The van der Waals surface area contributed by atoms with E-state index in [1.807, 2.05) is 58.3 Å². The summed E-state index contributed by atoms with van der Waals surface area (Å²) in [6, 6.07) is 15.1. The second kappa shape index (κ2) is 16.4. The van der Waals surface area contributed by atoms with Crippen LogP contribution in [0.15, 0.2) is 48.5 Å². The molecule has 0 amide bonds. The van der Waals surface area contributed by atoms with E-state index in [0.717, 1.165) is 11.4 Å². The summed E-state index contributed by atoms with van der Waals surface area (Å²) in [5.74, 6) is 0.634. The smallest absolute Gasteiger partial charge is 0.325 e. The molecule has 0 spiro atoms. The number of fused-ring (bicyclic) bond motifs is 2. The number of para-hydroxylation sites is 4. The standard InChI is InChI=1S/C28H38N2O8/c1-3-35-27(31)21-29-13-15-33-16-14-30(22-28(32)36-4-2)24-10-6-8-12-26(24)38-20-18-34-17-19-37-25-11-7-5-9-23(25)29/h5-12H,3-4,13-22H2,1-2H3. The Morgan fingerprint density at radius 1 is 0.658 bits per heavy atom. The molecule has 0 radical (unpaired) electrons. The molecule has 0 aliphatic carbocycles. The zero-order valence-corrected chi connectivity index (χ0v) is 22.3. The van der Waals surface area contributed by atoms with Gasteiger partial charge in [-0.25, -0.2) is 0 Å². The highest BCUT2D eigenvalue weighted by molar-refractivity contribution is 5.77. The lowest BCUT2D eigenvalue weighted by Crippen LogP contribution is -2.36. The molecule has 0 N–H and O–H groups in total. The van der Waals surface area contributed by atoms with Gasteiger partial charge in [-0.15, -0.1) is 0 Å². The Labute approximate surface area is 224 Å². The van der Waals surface area contributed by atoms with Gasteiger partial charge >= 0.3 is 11.9 Å². The van der Waals surface area contributed by atoms with Crippen LogP contribution in [0.3, 0.4) is 0 Å². The molecule has 0 unspecified atom stereocenters. The Kier molecular flexibility index (Phi) is 12.5. The van der Waals surface area contributed by atoms with Crippen LogP contribution in [-0.4, -0.2) is 91.0 Å². The number of ether oxygens (including phenoxy) is 6. The molecular formula is C28H38N2O8. The number of rotatable bonds is 6. The maximum atomic E-state index is 12.3. The summed E-state index contributed by atoms with van der Waals surface area (Å²) < 4.78 is 34.0. The van der Waals surface area contributed by atoms with E-state index in [4.69, 9.17) is 28.4 Å². The summed E-state index contributed by atoms with van der Waals surface area (Å²) in [6.45, 7) is 7.29. The zero-order chi connectivity index (χ0) is 27.0. The molecule has 0 saturated carbocycles. The fraction of sp³-hybridized carbons (Fsp3) is 0.500. The van der Waals surface area contributed by atoms with Crippen molar-refractivity contribution in [3.63, 3.8) is 0 Å². The summed E-state index contributed by atoms with van der Waals surface area (Å²) in [6.07, 6.45) is 0. The number of hydrogen-bond donors (Lipinski definition) is 0. The van der Waals surface area contributed by atoms with Crippen LogP contribution in [0.2, 0.25) is 0 Å². The molecule has 1 aliphatic heterocycles. The van der Waals surface area contributed by atoms with Crippen LogP contribution in [0.5, 0.6) is 11.5 Å². The van der Waals surface area contributed by atoms with Crippen LogP contribution in [0.4, 0.5) is 11.4 Å². The molecular weight excluding hydrogens is 492 g/mol. The van der Waals surface area contributed by atoms with Crippen molar-refractivity contribution in [3.05, 3.63) is 48.5 Å². The minimum Gasteiger partial charge on any atom is -0.489 e. The first-order valence-corrected chi connectivity index (χ1v) is 13.0. The highest BCUT2D eigenvalue weighted by Crippen LogP contribution is 2.29. The van der Waals surface area contributed by atoms with E-state index >= 15 is 0 Å². The number of benzene rings is 2. The van der Waals surface area contributed by atoms with Crippen LogP contribution in [0.25, 0.3) is 0 Å². The van der Waals surface area contributed by atoms with E-state index in [-0.39, 0.29) is 25.0 Å². The molecule has 0 bridgehead atoms. The molecule has 2 aromatic rings. The first kappa shape index (κ1) is 29.1. The van der Waals surface area contributed by atoms with Crippen molar-refractivity contribution < 1.29 is 38.0 Å². The van der Waals surface area contributed by atoms with Crippen LogP contribution < -0.4 is 19.3 Å². The minimum atomic E-state index is -0.329. The Balaban J connectivity index is 1.77. The maximum Gasteiger partial charge on any atom is 0.325 e. The second-order valence-corrected chi connectivity index (χ2v) is 8.31. The first-order valence-electron chi connectivity index (χ1n) is 13.0. The molecule has 10 heteroatoms. The molecule has 0 aromatic heterocycles. The Morgan fingerprint density at radius 2 is 1.08 bits per heavy atom. The summed E-state index contributed by atoms with van der Waals surface area (Å²) in [5, 5.41) is 0. The number of nitrogens with zero attached hydrogens (tertiary/aromatic N) is 2. The van der Waals surface area contributed by atoms with Gasteiger partial charge in [0.05, 0.1) is 51.0 Å². The number of anilines is 2. The monoisotopic (exact) mass is 530 g/mol. The van der Waals surface area contributed by atoms with Gasteiger partial charge in [-0.3, -0.25) is 9.59 Å². The van der Waals surface area contributed by atoms with Gasteiger partial charge in [0.1, 0.15) is 37.8 Å². The fourth-order valence-corrected chi connectivity index (χ4v) is 3.95. The van der Waals surface area contributed by atoms with E-state index in [1.165, 1.54) is 0 Å². The highest BCUT2D eigenvalue weighted by Gasteiger charge is 2.19. The molecule has 2 aromatic carbocycles. The van der Waals surface area contributed by atoms with Crippen LogP contribution in [-0.2, 0) is 28.5 Å². The normalized spacial score (nSPS) is 15.5. The Hall–Kier alpha value is -3.50. The van der Waals surface area contributed by atoms with Crippen molar-refractivity contribution in [2.24, 2.45) is 0 Å². The number of hydrogen-bond acceptors (Lipinski definition) is 10. The zero-order valence-electron chi connectivity index (χ0n) is 22.3. The van der Waals surface area contributed by atoms with E-state index in [1.54, 1.807) is 13.8 Å². The SMILES string of the molecule is CCOC(=O)CN1CCOCCN(CC(=O)OCC)c2ccccc2OCCOCCOc2ccccc21. The molecule has 1 aliphatic rings. The van der Waals surface area contributed by atoms with Gasteiger partial charge in [-0.1, -0.05) is 24.3 Å². The molecule has 0 atom stereocenters. The van der Waals surface area contributed by atoms with Gasteiger partial charge in [0.15, 0.2) is 0 Å². The highest BCUT2D eigenvalue weighted by atomic mass is 16.5. The molecule has 1 heterocycles. The summed E-state index contributed by atoms with van der Waals surface area (Å²) >= 11 is 0. The lowest BCUT2D eigenvalue weighted by atomic mass is 10.2. The lowest BCUT2D eigenvalue weighted by Gasteiger charge is -2.27. The Morgan fingerprint density at radius 3 is 1.53 bits per heavy atom. The third-order valence-corrected chi connectivity index (χ3v) is 5.64. The number of carbonyl (C=O) groups is 2. The summed E-state index contributed by atoms with van der Waals surface area (Å²) in [4.78, 5) is 28.4. The maximum absolute atomic E-state index is 12.3. The van der Waals surface area contributed by atoms with Crippen LogP contribution in [0, 0.1) is 0 Å². The summed E-state index contributed by atoms with van der Waals surface area (Å²) in [7, 11) is 0. The van der Waals surface area contributed by atoms with Crippen LogP contribution >= 0.6 is 0 Å². The van der Waals surface area contributed by atoms with Crippen molar-refractivity contribution >= 4 is 23.3 Å². The van der Waals surface area contributed by atoms with E-state index in [0.29, 0.717) is 77.4 Å². The third-order valence-electron chi connectivity index (χ3n) is 5.64. The van der Waals surface area contributed by atoms with Gasteiger partial charge in [0.2, 0.25) is 0 Å². The number of esters is 2. The van der Waals surface area contributed by atoms with Gasteiger partial charge in [0, 0.05) is 13.1 Å². The predicted molar refractivity (Wildman–Crippen MR) is 143 cm³/mol. The molecule has 10 nitrogen and oxygen atoms in total. The quantitative estimate of drug-likeness (QED) is 0.519. The van der Waals surface area contributed by atoms with Crippen molar-refractivity contribution in [2.45, 2.75) is 13.8 Å². The van der Waals surface area contributed by atoms with Gasteiger partial charge in [0.25, 0.3) is 0 Å². The van der Waals surface area contributed by atoms with Crippen molar-refractivity contribution in [2.75, 3.05) is 88.8 Å². The minimum absolute atomic E-state index is 0.0633. The molecule has 208 valence electrons. The average Bonchev–Trinajstić information content (AvgIpc) is 2.91. The molecule has 3 rings (SSSR count). The van der Waals surface area contributed by atoms with Gasteiger partial charge in [-0.05, 0) is 38.1 Å². The topological polar surface area (TPSA) is 96.0 Å². The first-order chi connectivity index (χ1) is 18.6. The van der Waals surface area contributed by atoms with Gasteiger partial charge in [-0.2, -0.15) is 0 Å². The average molecular weight is 531 g/mol. The van der Waals surface area contributed by atoms with Crippen molar-refractivity contribution in [1.82, 2.24) is 0 Å². The molecule has 0 fully saturated rings. The largest absolute Gasteiger partial charge is 0.489 e. The van der Waals surface area contributed by atoms with Crippen molar-refractivity contribution in [3.8, 4) is 11.5 Å². The second-order valence-electron chi connectivity index (χ2n) is 8.31. The van der Waals surface area contributed by atoms with E-state index < -0.39 is 0 Å². The lowest BCUT2D eigenvalue weighted by molar-refractivity contribution is -0.142. The molecule has 38 heavy (non-hydrogen) atoms.